The number of aromatic nitrogens is 3. The summed E-state index contributed by atoms with van der Waals surface area (Å²) in [6.45, 7) is 3.78. The van der Waals surface area contributed by atoms with Gasteiger partial charge in [0.1, 0.15) is 18.2 Å². The van der Waals surface area contributed by atoms with Crippen molar-refractivity contribution in [2.75, 3.05) is 10.6 Å². The molecular formula is C20H18FN5O. The van der Waals surface area contributed by atoms with Crippen molar-refractivity contribution < 1.29 is 9.18 Å². The minimum Gasteiger partial charge on any atom is -0.328 e. The molecule has 27 heavy (non-hydrogen) atoms. The molecule has 1 aliphatic rings. The van der Waals surface area contributed by atoms with Crippen LogP contribution in [0.4, 0.5) is 16.0 Å². The molecule has 136 valence electrons. The lowest BCUT2D eigenvalue weighted by atomic mass is 9.95. The minimum absolute atomic E-state index is 0.278. The number of hydrogen-bond acceptors (Lipinski definition) is 4. The van der Waals surface area contributed by atoms with Crippen molar-refractivity contribution >= 4 is 17.5 Å². The molecular weight excluding hydrogens is 345 g/mol. The van der Waals surface area contributed by atoms with Crippen LogP contribution in [-0.4, -0.2) is 20.7 Å². The van der Waals surface area contributed by atoms with Gasteiger partial charge < -0.3 is 10.6 Å². The fourth-order valence-electron chi connectivity index (χ4n) is 3.21. The number of fused-ring (bicyclic) bond motifs is 1. The van der Waals surface area contributed by atoms with Crippen LogP contribution in [0.25, 0.3) is 0 Å². The predicted octanol–water partition coefficient (Wildman–Crippen LogP) is 3.65. The number of nitrogens with zero attached hydrogens (tertiary/aromatic N) is 3. The van der Waals surface area contributed by atoms with E-state index in [0.29, 0.717) is 28.5 Å². The number of carbonyl (C=O) groups excluding carboxylic acids is 1. The summed E-state index contributed by atoms with van der Waals surface area (Å²) in [6.07, 6.45) is 1.41. The molecule has 0 fully saturated rings. The number of hydrogen-bond donors (Lipinski definition) is 2. The van der Waals surface area contributed by atoms with Crippen LogP contribution in [0.3, 0.4) is 0 Å². The van der Waals surface area contributed by atoms with Gasteiger partial charge in [-0.05, 0) is 43.7 Å². The number of anilines is 2. The molecule has 1 aliphatic heterocycles. The number of amides is 1. The highest BCUT2D eigenvalue weighted by atomic mass is 19.1. The van der Waals surface area contributed by atoms with Gasteiger partial charge in [0.2, 0.25) is 5.95 Å². The summed E-state index contributed by atoms with van der Waals surface area (Å²) in [4.78, 5) is 17.3. The zero-order valence-corrected chi connectivity index (χ0v) is 14.9. The first-order valence-corrected chi connectivity index (χ1v) is 8.54. The first-order valence-electron chi connectivity index (χ1n) is 8.54. The third-order valence-electron chi connectivity index (χ3n) is 4.51. The van der Waals surface area contributed by atoms with Gasteiger partial charge in [0, 0.05) is 11.4 Å². The third kappa shape index (κ3) is 3.19. The maximum absolute atomic E-state index is 13.9. The van der Waals surface area contributed by atoms with E-state index in [0.717, 1.165) is 5.56 Å². The van der Waals surface area contributed by atoms with Crippen LogP contribution < -0.4 is 10.6 Å². The number of aryl methyl sites for hydroxylation is 1. The smallest absolute Gasteiger partial charge is 0.255 e. The Morgan fingerprint density at radius 2 is 1.96 bits per heavy atom. The number of nitrogens with one attached hydrogen (secondary N) is 2. The van der Waals surface area contributed by atoms with Crippen molar-refractivity contribution in [3.8, 4) is 0 Å². The van der Waals surface area contributed by atoms with Crippen molar-refractivity contribution in [1.82, 2.24) is 14.8 Å². The van der Waals surface area contributed by atoms with Crippen molar-refractivity contribution in [1.29, 1.82) is 0 Å². The number of carbonyl (C=O) groups is 1. The van der Waals surface area contributed by atoms with Crippen LogP contribution in [0.15, 0.2) is 66.1 Å². The van der Waals surface area contributed by atoms with E-state index in [9.17, 15) is 9.18 Å². The van der Waals surface area contributed by atoms with E-state index < -0.39 is 6.04 Å². The highest BCUT2D eigenvalue weighted by Crippen LogP contribution is 2.35. The molecule has 1 aromatic heterocycles. The van der Waals surface area contributed by atoms with Crippen LogP contribution in [0.1, 0.15) is 24.1 Å². The normalized spacial score (nSPS) is 15.9. The van der Waals surface area contributed by atoms with Gasteiger partial charge in [-0.2, -0.15) is 10.1 Å². The highest BCUT2D eigenvalue weighted by molar-refractivity contribution is 6.06. The van der Waals surface area contributed by atoms with Gasteiger partial charge in [0.25, 0.3) is 5.91 Å². The Kier molecular flexibility index (Phi) is 4.19. The Hall–Kier alpha value is -3.48. The average Bonchev–Trinajstić information content (AvgIpc) is 3.10. The van der Waals surface area contributed by atoms with Crippen LogP contribution in [0.2, 0.25) is 0 Å². The van der Waals surface area contributed by atoms with Gasteiger partial charge in [-0.15, -0.1) is 0 Å². The lowest BCUT2D eigenvalue weighted by Gasteiger charge is -2.28. The maximum Gasteiger partial charge on any atom is 0.255 e. The van der Waals surface area contributed by atoms with Crippen LogP contribution in [0, 0.1) is 12.7 Å². The summed E-state index contributed by atoms with van der Waals surface area (Å²) in [7, 11) is 0. The monoisotopic (exact) mass is 363 g/mol. The summed E-state index contributed by atoms with van der Waals surface area (Å²) >= 11 is 0. The molecule has 4 rings (SSSR count). The molecule has 2 heterocycles. The molecule has 2 aromatic carbocycles. The van der Waals surface area contributed by atoms with E-state index in [1.165, 1.54) is 18.5 Å². The molecule has 0 saturated carbocycles. The van der Waals surface area contributed by atoms with E-state index in [4.69, 9.17) is 0 Å². The Labute approximate surface area is 155 Å². The zero-order chi connectivity index (χ0) is 19.0. The summed E-state index contributed by atoms with van der Waals surface area (Å²) < 4.78 is 15.4. The first-order chi connectivity index (χ1) is 13.0. The Morgan fingerprint density at radius 3 is 2.70 bits per heavy atom. The molecule has 0 spiro atoms. The van der Waals surface area contributed by atoms with E-state index in [1.807, 2.05) is 31.2 Å². The quantitative estimate of drug-likeness (QED) is 0.745. The molecule has 0 bridgehead atoms. The minimum atomic E-state index is -0.579. The fraction of sp³-hybridized carbons (Fsp3) is 0.150. The molecule has 0 saturated heterocycles. The molecule has 3 aromatic rings. The second-order valence-corrected chi connectivity index (χ2v) is 6.47. The highest BCUT2D eigenvalue weighted by Gasteiger charge is 2.33. The van der Waals surface area contributed by atoms with Gasteiger partial charge in [-0.1, -0.05) is 29.8 Å². The van der Waals surface area contributed by atoms with Crippen molar-refractivity contribution in [3.05, 3.63) is 83.1 Å². The maximum atomic E-state index is 13.9. The molecule has 0 aliphatic carbocycles. The van der Waals surface area contributed by atoms with Crippen molar-refractivity contribution in [3.63, 3.8) is 0 Å². The predicted molar refractivity (Wildman–Crippen MR) is 101 cm³/mol. The second-order valence-electron chi connectivity index (χ2n) is 6.47. The number of allylic oxidation sites excluding steroid dienone is 1. The Bertz CT molecular complexity index is 1040. The first kappa shape index (κ1) is 17.0. The molecule has 1 unspecified atom stereocenters. The van der Waals surface area contributed by atoms with E-state index >= 15 is 0 Å². The van der Waals surface area contributed by atoms with Crippen LogP contribution in [-0.2, 0) is 4.79 Å². The zero-order valence-electron chi connectivity index (χ0n) is 14.9. The number of rotatable bonds is 3. The van der Waals surface area contributed by atoms with Gasteiger partial charge in [-0.25, -0.2) is 9.07 Å². The number of benzene rings is 2. The van der Waals surface area contributed by atoms with Crippen molar-refractivity contribution in [2.24, 2.45) is 0 Å². The Morgan fingerprint density at radius 1 is 1.19 bits per heavy atom. The second kappa shape index (κ2) is 6.68. The third-order valence-corrected chi connectivity index (χ3v) is 4.51. The topological polar surface area (TPSA) is 71.8 Å². The lowest BCUT2D eigenvalue weighted by molar-refractivity contribution is -0.113. The molecule has 6 nitrogen and oxygen atoms in total. The van der Waals surface area contributed by atoms with Gasteiger partial charge in [0.15, 0.2) is 0 Å². The Balaban J connectivity index is 1.76. The molecule has 0 radical (unpaired) electrons. The summed E-state index contributed by atoms with van der Waals surface area (Å²) in [5.41, 5.74) is 3.52. The van der Waals surface area contributed by atoms with E-state index in [2.05, 4.69) is 20.7 Å². The molecule has 2 N–H and O–H groups in total. The molecule has 1 amide bonds. The van der Waals surface area contributed by atoms with Crippen LogP contribution in [0.5, 0.6) is 0 Å². The lowest BCUT2D eigenvalue weighted by Crippen LogP contribution is -2.31. The van der Waals surface area contributed by atoms with Crippen molar-refractivity contribution in [2.45, 2.75) is 19.9 Å². The average molecular weight is 363 g/mol. The summed E-state index contributed by atoms with van der Waals surface area (Å²) in [5.74, 6) is -0.142. The van der Waals surface area contributed by atoms with Crippen LogP contribution >= 0.6 is 0 Å². The SMILES string of the molecule is CC1=C(C(=O)Nc2ccc(C)cc2)C(c2cccc(F)c2)n2ncnc2N1. The van der Waals surface area contributed by atoms with E-state index in [-0.39, 0.29) is 11.7 Å². The number of halogens is 1. The molecule has 1 atom stereocenters. The van der Waals surface area contributed by atoms with E-state index in [1.54, 1.807) is 23.7 Å². The standard InChI is InChI=1S/C20H18FN5O/c1-12-6-8-16(9-7-12)25-19(27)17-13(2)24-20-22-11-23-26(20)18(17)14-4-3-5-15(21)10-14/h3-11,18H,1-2H3,(H,25,27)(H,22,23,24). The van der Waals surface area contributed by atoms with Gasteiger partial charge in [0.05, 0.1) is 5.57 Å². The molecule has 7 heteroatoms. The summed E-state index contributed by atoms with van der Waals surface area (Å²) in [5, 5.41) is 10.2. The van der Waals surface area contributed by atoms with Gasteiger partial charge >= 0.3 is 0 Å². The largest absolute Gasteiger partial charge is 0.328 e. The van der Waals surface area contributed by atoms with Gasteiger partial charge in [-0.3, -0.25) is 4.79 Å². The summed E-state index contributed by atoms with van der Waals surface area (Å²) in [6, 6.07) is 13.1. The fourth-order valence-corrected chi connectivity index (χ4v) is 3.21.